The standard InChI is InChI=1S/C12H14N4O2/c1-7-9-2-3-10(17)16(8-4-5-18-6-8)11(9)15-12(13)14-7/h2-3,8H,4-6H2,1H3,(H2,13,14,15)/t8-/m1/s1. The Kier molecular flexibility index (Phi) is 2.52. The predicted molar refractivity (Wildman–Crippen MR) is 67.4 cm³/mol. The first-order valence-corrected chi connectivity index (χ1v) is 5.90. The Morgan fingerprint density at radius 2 is 2.28 bits per heavy atom. The summed E-state index contributed by atoms with van der Waals surface area (Å²) in [5.74, 6) is 0.193. The van der Waals surface area contributed by atoms with E-state index in [2.05, 4.69) is 9.97 Å². The molecule has 2 N–H and O–H groups in total. The molecule has 0 saturated carbocycles. The van der Waals surface area contributed by atoms with Crippen LogP contribution in [0.3, 0.4) is 0 Å². The Bertz CT molecular complexity index is 659. The summed E-state index contributed by atoms with van der Waals surface area (Å²) < 4.78 is 7.02. The molecule has 3 rings (SSSR count). The van der Waals surface area contributed by atoms with Crippen molar-refractivity contribution in [3.05, 3.63) is 28.2 Å². The quantitative estimate of drug-likeness (QED) is 0.798. The maximum absolute atomic E-state index is 12.0. The van der Waals surface area contributed by atoms with Gasteiger partial charge >= 0.3 is 0 Å². The highest BCUT2D eigenvalue weighted by Gasteiger charge is 2.21. The number of ether oxygens (including phenoxy) is 1. The van der Waals surface area contributed by atoms with Gasteiger partial charge in [0.05, 0.1) is 18.3 Å². The van der Waals surface area contributed by atoms with Crippen LogP contribution in [0, 0.1) is 6.92 Å². The molecule has 6 heteroatoms. The molecular formula is C12H14N4O2. The number of nitrogens with zero attached hydrogens (tertiary/aromatic N) is 3. The van der Waals surface area contributed by atoms with E-state index in [4.69, 9.17) is 10.5 Å². The second-order valence-corrected chi connectivity index (χ2v) is 4.46. The van der Waals surface area contributed by atoms with Crippen LogP contribution in [0.5, 0.6) is 0 Å². The summed E-state index contributed by atoms with van der Waals surface area (Å²) in [6, 6.07) is 3.33. The molecule has 0 bridgehead atoms. The van der Waals surface area contributed by atoms with Crippen molar-refractivity contribution in [1.29, 1.82) is 0 Å². The molecular weight excluding hydrogens is 232 g/mol. The second-order valence-electron chi connectivity index (χ2n) is 4.46. The Morgan fingerprint density at radius 1 is 1.44 bits per heavy atom. The van der Waals surface area contributed by atoms with Gasteiger partial charge in [-0.3, -0.25) is 9.36 Å². The molecule has 1 aliphatic heterocycles. The fraction of sp³-hybridized carbons (Fsp3) is 0.417. The second kappa shape index (κ2) is 4.06. The van der Waals surface area contributed by atoms with Gasteiger partial charge in [0.25, 0.3) is 5.56 Å². The van der Waals surface area contributed by atoms with Crippen molar-refractivity contribution in [3.8, 4) is 0 Å². The number of rotatable bonds is 1. The molecule has 2 aromatic heterocycles. The summed E-state index contributed by atoms with van der Waals surface area (Å²) in [5.41, 5.74) is 6.98. The lowest BCUT2D eigenvalue weighted by atomic mass is 10.2. The third-order valence-electron chi connectivity index (χ3n) is 3.26. The number of hydrogen-bond acceptors (Lipinski definition) is 5. The van der Waals surface area contributed by atoms with Crippen molar-refractivity contribution in [1.82, 2.24) is 14.5 Å². The van der Waals surface area contributed by atoms with Crippen LogP contribution in [-0.4, -0.2) is 27.7 Å². The lowest BCUT2D eigenvalue weighted by Crippen LogP contribution is -2.25. The van der Waals surface area contributed by atoms with E-state index in [0.717, 1.165) is 17.5 Å². The lowest BCUT2D eigenvalue weighted by Gasteiger charge is -2.15. The highest BCUT2D eigenvalue weighted by atomic mass is 16.5. The number of nitrogens with two attached hydrogens (primary N) is 1. The van der Waals surface area contributed by atoms with Gasteiger partial charge in [0.1, 0.15) is 5.65 Å². The van der Waals surface area contributed by atoms with Gasteiger partial charge in [-0.25, -0.2) is 4.98 Å². The van der Waals surface area contributed by atoms with Gasteiger partial charge in [0, 0.05) is 18.1 Å². The van der Waals surface area contributed by atoms with E-state index in [1.165, 1.54) is 0 Å². The van der Waals surface area contributed by atoms with Crippen LogP contribution in [0.2, 0.25) is 0 Å². The van der Waals surface area contributed by atoms with Crippen molar-refractivity contribution in [2.24, 2.45) is 0 Å². The Morgan fingerprint density at radius 3 is 3.00 bits per heavy atom. The minimum atomic E-state index is -0.0736. The molecule has 0 amide bonds. The molecule has 3 heterocycles. The average Bonchev–Trinajstić information content (AvgIpc) is 2.81. The van der Waals surface area contributed by atoms with E-state index in [9.17, 15) is 4.79 Å². The Hall–Kier alpha value is -1.95. The van der Waals surface area contributed by atoms with Crippen molar-refractivity contribution in [2.75, 3.05) is 18.9 Å². The van der Waals surface area contributed by atoms with E-state index in [1.54, 1.807) is 16.7 Å². The van der Waals surface area contributed by atoms with E-state index < -0.39 is 0 Å². The molecule has 0 radical (unpaired) electrons. The molecule has 0 spiro atoms. The summed E-state index contributed by atoms with van der Waals surface area (Å²) in [6.45, 7) is 3.08. The highest BCUT2D eigenvalue weighted by molar-refractivity contribution is 5.78. The minimum Gasteiger partial charge on any atom is -0.379 e. The summed E-state index contributed by atoms with van der Waals surface area (Å²) >= 11 is 0. The summed E-state index contributed by atoms with van der Waals surface area (Å²) in [7, 11) is 0. The molecule has 18 heavy (non-hydrogen) atoms. The minimum absolute atomic E-state index is 0.0369. The molecule has 0 aliphatic carbocycles. The van der Waals surface area contributed by atoms with Gasteiger partial charge in [0.2, 0.25) is 5.95 Å². The van der Waals surface area contributed by atoms with Crippen LogP contribution >= 0.6 is 0 Å². The maximum atomic E-state index is 12.0. The van der Waals surface area contributed by atoms with Gasteiger partial charge < -0.3 is 10.5 Å². The SMILES string of the molecule is Cc1nc(N)nc2c1ccc(=O)n2[C@@H]1CCOC1. The average molecular weight is 246 g/mol. The highest BCUT2D eigenvalue weighted by Crippen LogP contribution is 2.22. The molecule has 1 aliphatic rings. The van der Waals surface area contributed by atoms with Crippen LogP contribution in [0.15, 0.2) is 16.9 Å². The van der Waals surface area contributed by atoms with Crippen LogP contribution in [0.1, 0.15) is 18.2 Å². The van der Waals surface area contributed by atoms with Crippen molar-refractivity contribution in [3.63, 3.8) is 0 Å². The third-order valence-corrected chi connectivity index (χ3v) is 3.26. The summed E-state index contributed by atoms with van der Waals surface area (Å²) in [4.78, 5) is 20.4. The first-order valence-electron chi connectivity index (χ1n) is 5.90. The zero-order chi connectivity index (χ0) is 12.7. The molecule has 94 valence electrons. The fourth-order valence-electron chi connectivity index (χ4n) is 2.38. The first kappa shape index (κ1) is 11.2. The number of nitrogen functional groups attached to an aromatic ring is 1. The summed E-state index contributed by atoms with van der Waals surface area (Å²) in [6.07, 6.45) is 0.821. The zero-order valence-corrected chi connectivity index (χ0v) is 10.1. The van der Waals surface area contributed by atoms with Gasteiger partial charge in [-0.15, -0.1) is 0 Å². The van der Waals surface area contributed by atoms with Crippen LogP contribution < -0.4 is 11.3 Å². The van der Waals surface area contributed by atoms with Gasteiger partial charge in [-0.2, -0.15) is 4.98 Å². The maximum Gasteiger partial charge on any atom is 0.252 e. The number of aromatic nitrogens is 3. The number of hydrogen-bond donors (Lipinski definition) is 1. The third kappa shape index (κ3) is 1.65. The van der Waals surface area contributed by atoms with Gasteiger partial charge in [-0.05, 0) is 19.4 Å². The molecule has 1 atom stereocenters. The van der Waals surface area contributed by atoms with Crippen molar-refractivity contribution >= 4 is 17.0 Å². The largest absolute Gasteiger partial charge is 0.379 e. The topological polar surface area (TPSA) is 83.0 Å². The van der Waals surface area contributed by atoms with Crippen molar-refractivity contribution < 1.29 is 4.74 Å². The van der Waals surface area contributed by atoms with E-state index in [1.807, 2.05) is 6.92 Å². The fourth-order valence-corrected chi connectivity index (χ4v) is 2.38. The number of fused-ring (bicyclic) bond motifs is 1. The Labute approximate surface area is 103 Å². The Balaban J connectivity index is 2.34. The predicted octanol–water partition coefficient (Wildman–Crippen LogP) is 0.644. The smallest absolute Gasteiger partial charge is 0.252 e. The van der Waals surface area contributed by atoms with Gasteiger partial charge in [-0.1, -0.05) is 0 Å². The number of anilines is 1. The number of aryl methyl sites for hydroxylation is 1. The first-order chi connectivity index (χ1) is 8.66. The van der Waals surface area contributed by atoms with Crippen LogP contribution in [-0.2, 0) is 4.74 Å². The van der Waals surface area contributed by atoms with E-state index >= 15 is 0 Å². The molecule has 6 nitrogen and oxygen atoms in total. The molecule has 2 aromatic rings. The number of pyridine rings is 1. The monoisotopic (exact) mass is 246 g/mol. The summed E-state index contributed by atoms with van der Waals surface area (Å²) in [5, 5.41) is 0.857. The molecule has 0 aromatic carbocycles. The van der Waals surface area contributed by atoms with E-state index in [-0.39, 0.29) is 17.5 Å². The molecule has 0 unspecified atom stereocenters. The van der Waals surface area contributed by atoms with Crippen LogP contribution in [0.4, 0.5) is 5.95 Å². The lowest BCUT2D eigenvalue weighted by molar-refractivity contribution is 0.186. The molecule has 1 fully saturated rings. The van der Waals surface area contributed by atoms with Crippen molar-refractivity contribution in [2.45, 2.75) is 19.4 Å². The van der Waals surface area contributed by atoms with Gasteiger partial charge in [0.15, 0.2) is 0 Å². The van der Waals surface area contributed by atoms with E-state index in [0.29, 0.717) is 18.9 Å². The molecule has 1 saturated heterocycles. The normalized spacial score (nSPS) is 19.5. The van der Waals surface area contributed by atoms with Crippen LogP contribution in [0.25, 0.3) is 11.0 Å². The zero-order valence-electron chi connectivity index (χ0n) is 10.1.